The zero-order valence-electron chi connectivity index (χ0n) is 17.0. The van der Waals surface area contributed by atoms with Gasteiger partial charge in [0, 0.05) is 5.02 Å². The van der Waals surface area contributed by atoms with Gasteiger partial charge in [-0.05, 0) is 42.3 Å². The number of benzene rings is 2. The number of ether oxygens (including phenoxy) is 2. The molecule has 7 nitrogen and oxygen atoms in total. The number of halogens is 4. The lowest BCUT2D eigenvalue weighted by atomic mass is 9.79. The highest BCUT2D eigenvalue weighted by Gasteiger charge is 2.65. The molecule has 1 heterocycles. The van der Waals surface area contributed by atoms with Crippen LogP contribution in [0.3, 0.4) is 0 Å². The van der Waals surface area contributed by atoms with E-state index in [1.54, 1.807) is 24.3 Å². The van der Waals surface area contributed by atoms with Crippen molar-refractivity contribution in [2.75, 3.05) is 7.11 Å². The molecule has 0 spiro atoms. The maximum Gasteiger partial charge on any atom is 0.437 e. The van der Waals surface area contributed by atoms with Crippen LogP contribution in [-0.2, 0) is 11.4 Å². The summed E-state index contributed by atoms with van der Waals surface area (Å²) in [7, 11) is 1.34. The summed E-state index contributed by atoms with van der Waals surface area (Å²) in [6.07, 6.45) is -5.29. The van der Waals surface area contributed by atoms with E-state index in [4.69, 9.17) is 21.1 Å². The molecule has 1 aliphatic rings. The molecule has 1 fully saturated rings. The maximum atomic E-state index is 13.6. The second-order valence-electron chi connectivity index (χ2n) is 7.25. The van der Waals surface area contributed by atoms with Crippen LogP contribution >= 0.6 is 11.6 Å². The molecule has 3 N–H and O–H groups in total. The number of hydrogen-bond donors (Lipinski definition) is 3. The van der Waals surface area contributed by atoms with E-state index in [9.17, 15) is 27.9 Å². The van der Waals surface area contributed by atoms with Crippen LogP contribution in [0.5, 0.6) is 11.5 Å². The van der Waals surface area contributed by atoms with Crippen molar-refractivity contribution in [1.82, 2.24) is 10.6 Å². The van der Waals surface area contributed by atoms with Crippen molar-refractivity contribution in [3.05, 3.63) is 58.6 Å². The van der Waals surface area contributed by atoms with Crippen LogP contribution < -0.4 is 20.1 Å². The minimum Gasteiger partial charge on any atom is -0.493 e. The van der Waals surface area contributed by atoms with E-state index < -0.39 is 35.7 Å². The normalized spacial score (nSPS) is 23.2. The van der Waals surface area contributed by atoms with Gasteiger partial charge in [-0.1, -0.05) is 29.8 Å². The van der Waals surface area contributed by atoms with Crippen molar-refractivity contribution >= 4 is 23.4 Å². The van der Waals surface area contributed by atoms with Crippen LogP contribution in [0.1, 0.15) is 24.1 Å². The van der Waals surface area contributed by atoms with Crippen molar-refractivity contribution in [3.8, 4) is 11.5 Å². The molecule has 2 aromatic rings. The van der Waals surface area contributed by atoms with Crippen LogP contribution in [0.4, 0.5) is 18.0 Å². The van der Waals surface area contributed by atoms with Crippen LogP contribution in [-0.4, -0.2) is 35.9 Å². The van der Waals surface area contributed by atoms with E-state index >= 15 is 0 Å². The molecular weight excluding hydrogens is 453 g/mol. The third-order valence-corrected chi connectivity index (χ3v) is 5.35. The number of carbonyl (C=O) groups is 2. The molecule has 3 atom stereocenters. The second-order valence-corrected chi connectivity index (χ2v) is 7.69. The van der Waals surface area contributed by atoms with Crippen molar-refractivity contribution in [3.63, 3.8) is 0 Å². The molecule has 1 saturated heterocycles. The summed E-state index contributed by atoms with van der Waals surface area (Å²) in [6, 6.07) is 8.38. The summed E-state index contributed by atoms with van der Waals surface area (Å²) < 4.78 is 51.8. The van der Waals surface area contributed by atoms with Gasteiger partial charge in [-0.3, -0.25) is 4.79 Å². The number of ketones is 1. The number of Topliss-reactive ketones (excluding diaryl/α,β-unsaturated/α-hetero) is 1. The van der Waals surface area contributed by atoms with Crippen molar-refractivity contribution in [2.45, 2.75) is 31.5 Å². The highest BCUT2D eigenvalue weighted by Crippen LogP contribution is 2.44. The third kappa shape index (κ3) is 4.61. The maximum absolute atomic E-state index is 13.6. The molecule has 2 amide bonds. The summed E-state index contributed by atoms with van der Waals surface area (Å²) in [6.45, 7) is 1.08. The highest BCUT2D eigenvalue weighted by molar-refractivity contribution is 6.30. The Morgan fingerprint density at radius 2 is 1.84 bits per heavy atom. The van der Waals surface area contributed by atoms with E-state index in [1.165, 1.54) is 30.6 Å². The molecule has 32 heavy (non-hydrogen) atoms. The Labute approximate surface area is 186 Å². The topological polar surface area (TPSA) is 96.9 Å². The number of methoxy groups -OCH3 is 1. The Morgan fingerprint density at radius 3 is 2.41 bits per heavy atom. The monoisotopic (exact) mass is 472 g/mol. The van der Waals surface area contributed by atoms with Gasteiger partial charge in [0.15, 0.2) is 11.5 Å². The molecule has 1 aliphatic heterocycles. The first-order valence-corrected chi connectivity index (χ1v) is 9.77. The van der Waals surface area contributed by atoms with Gasteiger partial charge in [0.1, 0.15) is 12.4 Å². The Hall–Kier alpha value is -2.98. The van der Waals surface area contributed by atoms with Gasteiger partial charge in [0.2, 0.25) is 5.72 Å². The van der Waals surface area contributed by atoms with Crippen LogP contribution in [0, 0.1) is 5.92 Å². The van der Waals surface area contributed by atoms with E-state index in [0.717, 1.165) is 12.5 Å². The molecule has 3 rings (SSSR count). The zero-order chi connectivity index (χ0) is 23.7. The number of aliphatic hydroxyl groups is 1. The molecule has 0 bridgehead atoms. The lowest BCUT2D eigenvalue weighted by Crippen LogP contribution is -2.72. The summed E-state index contributed by atoms with van der Waals surface area (Å²) in [5.74, 6) is -2.55. The van der Waals surface area contributed by atoms with Gasteiger partial charge >= 0.3 is 12.2 Å². The Morgan fingerprint density at radius 1 is 1.19 bits per heavy atom. The number of amides is 2. The minimum absolute atomic E-state index is 0.124. The van der Waals surface area contributed by atoms with E-state index in [0.29, 0.717) is 5.02 Å². The molecule has 0 radical (unpaired) electrons. The van der Waals surface area contributed by atoms with E-state index in [2.05, 4.69) is 5.32 Å². The van der Waals surface area contributed by atoms with Gasteiger partial charge in [-0.25, -0.2) is 4.79 Å². The van der Waals surface area contributed by atoms with Gasteiger partial charge in [0.05, 0.1) is 19.1 Å². The number of nitrogens with one attached hydrogen (secondary N) is 2. The predicted octanol–water partition coefficient (Wildman–Crippen LogP) is 3.74. The van der Waals surface area contributed by atoms with Crippen LogP contribution in [0.15, 0.2) is 42.5 Å². The van der Waals surface area contributed by atoms with Gasteiger partial charge in [-0.15, -0.1) is 0 Å². The molecule has 0 unspecified atom stereocenters. The van der Waals surface area contributed by atoms with Crippen molar-refractivity contribution < 1.29 is 37.3 Å². The van der Waals surface area contributed by atoms with Crippen LogP contribution in [0.2, 0.25) is 5.02 Å². The number of carbonyl (C=O) groups excluding carboxylic acids is 2. The average Bonchev–Trinajstić information content (AvgIpc) is 2.71. The fourth-order valence-corrected chi connectivity index (χ4v) is 3.67. The minimum atomic E-state index is -5.29. The smallest absolute Gasteiger partial charge is 0.437 e. The molecule has 0 aliphatic carbocycles. The molecule has 0 aromatic heterocycles. The number of urea groups is 1. The third-order valence-electron chi connectivity index (χ3n) is 5.10. The molecular formula is C21H20ClF3N2O5. The summed E-state index contributed by atoms with van der Waals surface area (Å²) in [5, 5.41) is 14.6. The lowest BCUT2D eigenvalue weighted by Gasteiger charge is -2.44. The van der Waals surface area contributed by atoms with Crippen LogP contribution in [0.25, 0.3) is 0 Å². The summed E-state index contributed by atoms with van der Waals surface area (Å²) in [5.41, 5.74) is -2.79. The average molecular weight is 473 g/mol. The Kier molecular flexibility index (Phi) is 6.56. The first-order valence-electron chi connectivity index (χ1n) is 9.39. The second kappa shape index (κ2) is 8.87. The summed E-state index contributed by atoms with van der Waals surface area (Å²) in [4.78, 5) is 24.1. The first kappa shape index (κ1) is 23.7. The number of rotatable bonds is 6. The fraction of sp³-hybridized carbons (Fsp3) is 0.333. The number of hydrogen-bond acceptors (Lipinski definition) is 5. The summed E-state index contributed by atoms with van der Waals surface area (Å²) >= 11 is 5.85. The molecule has 0 saturated carbocycles. The molecule has 11 heteroatoms. The quantitative estimate of drug-likeness (QED) is 0.595. The predicted molar refractivity (Wildman–Crippen MR) is 108 cm³/mol. The Bertz CT molecular complexity index is 1020. The lowest BCUT2D eigenvalue weighted by molar-refractivity contribution is -0.290. The highest BCUT2D eigenvalue weighted by atomic mass is 35.5. The largest absolute Gasteiger partial charge is 0.493 e. The van der Waals surface area contributed by atoms with Gasteiger partial charge < -0.3 is 25.2 Å². The Balaban J connectivity index is 1.92. The molecule has 2 aromatic carbocycles. The zero-order valence-corrected chi connectivity index (χ0v) is 17.8. The fourth-order valence-electron chi connectivity index (χ4n) is 3.54. The molecule has 172 valence electrons. The number of alkyl halides is 3. The van der Waals surface area contributed by atoms with Crippen molar-refractivity contribution in [2.24, 2.45) is 5.92 Å². The first-order chi connectivity index (χ1) is 15.0. The standard InChI is InChI=1S/C21H20ClF3N2O5/c1-11(28)17-18(26-19(29)27-20(17,30)21(23,24)25)13-5-8-15(16(9-13)31-2)32-10-12-3-6-14(22)7-4-12/h3-9,17-18,30H,10H2,1-2H3,(H2,26,27,29)/t17-,18+,20+/m1/s1. The van der Waals surface area contributed by atoms with E-state index in [1.807, 2.05) is 0 Å². The van der Waals surface area contributed by atoms with Gasteiger partial charge in [-0.2, -0.15) is 13.2 Å². The van der Waals surface area contributed by atoms with Crippen molar-refractivity contribution in [1.29, 1.82) is 0 Å². The van der Waals surface area contributed by atoms with Gasteiger partial charge in [0.25, 0.3) is 0 Å². The SMILES string of the molecule is COc1cc([C@@H]2NC(=O)N[C@@](O)(C(F)(F)F)[C@@H]2C(C)=O)ccc1OCc1ccc(Cl)cc1. The van der Waals surface area contributed by atoms with E-state index in [-0.39, 0.29) is 23.7 Å².